The number of hydrogen-bond donors (Lipinski definition) is 0. The van der Waals surface area contributed by atoms with Crippen LogP contribution in [-0.4, -0.2) is 6.47 Å². The quantitative estimate of drug-likeness (QED) is 0.573. The van der Waals surface area contributed by atoms with E-state index in [1.807, 2.05) is 19.1 Å². The molecule has 0 saturated heterocycles. The largest absolute Gasteiger partial charge is 0.610 e. The van der Waals surface area contributed by atoms with Gasteiger partial charge in [0.25, 0.3) is 0 Å². The SMILES string of the molecule is Cc1ccccc1O[C-]=O. The van der Waals surface area contributed by atoms with E-state index in [2.05, 4.69) is 4.74 Å². The highest BCUT2D eigenvalue weighted by Gasteiger charge is 1.83. The Hall–Kier alpha value is -1.31. The lowest BCUT2D eigenvalue weighted by molar-refractivity contribution is 0.441. The first kappa shape index (κ1) is 6.81. The first-order chi connectivity index (χ1) is 4.84. The van der Waals surface area contributed by atoms with E-state index in [1.54, 1.807) is 12.1 Å². The minimum atomic E-state index is 0.567. The van der Waals surface area contributed by atoms with E-state index >= 15 is 0 Å². The van der Waals surface area contributed by atoms with Crippen molar-refractivity contribution >= 4 is 6.47 Å². The van der Waals surface area contributed by atoms with Gasteiger partial charge in [-0.25, -0.2) is 0 Å². The smallest absolute Gasteiger partial charge is 0.170 e. The van der Waals surface area contributed by atoms with Crippen LogP contribution < -0.4 is 4.74 Å². The van der Waals surface area contributed by atoms with Crippen molar-refractivity contribution in [2.45, 2.75) is 6.92 Å². The van der Waals surface area contributed by atoms with Gasteiger partial charge in [-0.05, 0) is 5.75 Å². The molecule has 0 radical (unpaired) electrons. The lowest BCUT2D eigenvalue weighted by atomic mass is 10.2. The highest BCUT2D eigenvalue weighted by Crippen LogP contribution is 2.14. The van der Waals surface area contributed by atoms with E-state index < -0.39 is 0 Å². The summed E-state index contributed by atoms with van der Waals surface area (Å²) in [5.41, 5.74) is 0.936. The average Bonchev–Trinajstić information content (AvgIpc) is 1.94. The van der Waals surface area contributed by atoms with Crippen molar-refractivity contribution in [3.8, 4) is 5.75 Å². The summed E-state index contributed by atoms with van der Waals surface area (Å²) in [5.74, 6) is 0.567. The molecule has 0 spiro atoms. The molecule has 0 unspecified atom stereocenters. The third kappa shape index (κ3) is 1.35. The molecule has 0 aliphatic carbocycles. The Bertz CT molecular complexity index is 230. The minimum Gasteiger partial charge on any atom is -0.610 e. The summed E-state index contributed by atoms with van der Waals surface area (Å²) in [6.07, 6.45) is 0. The number of aryl methyl sites for hydroxylation is 1. The van der Waals surface area contributed by atoms with Crippen LogP contribution in [0.5, 0.6) is 5.75 Å². The third-order valence-electron chi connectivity index (χ3n) is 1.25. The van der Waals surface area contributed by atoms with Crippen molar-refractivity contribution < 1.29 is 9.53 Å². The fourth-order valence-corrected chi connectivity index (χ4v) is 0.716. The lowest BCUT2D eigenvalue weighted by Gasteiger charge is -2.11. The summed E-state index contributed by atoms with van der Waals surface area (Å²) < 4.78 is 4.53. The van der Waals surface area contributed by atoms with E-state index in [0.717, 1.165) is 5.56 Å². The molecule has 0 saturated carbocycles. The molecular formula is C8H7O2-. The summed E-state index contributed by atoms with van der Waals surface area (Å²) in [6, 6.07) is 7.28. The molecule has 0 aliphatic rings. The number of ether oxygens (including phenoxy) is 1. The molecule has 0 bridgehead atoms. The Kier molecular flexibility index (Phi) is 2.05. The predicted molar refractivity (Wildman–Crippen MR) is 37.5 cm³/mol. The summed E-state index contributed by atoms with van der Waals surface area (Å²) in [4.78, 5) is 9.78. The van der Waals surface area contributed by atoms with Gasteiger partial charge >= 0.3 is 0 Å². The van der Waals surface area contributed by atoms with Crippen LogP contribution in [-0.2, 0) is 4.79 Å². The van der Waals surface area contributed by atoms with Crippen LogP contribution in [0.25, 0.3) is 0 Å². The maximum atomic E-state index is 9.78. The Morgan fingerprint density at radius 3 is 2.70 bits per heavy atom. The molecule has 0 fully saturated rings. The van der Waals surface area contributed by atoms with Crippen LogP contribution in [0, 0.1) is 6.92 Å². The van der Waals surface area contributed by atoms with Crippen molar-refractivity contribution in [3.63, 3.8) is 0 Å². The van der Waals surface area contributed by atoms with Crippen LogP contribution in [0.4, 0.5) is 0 Å². The fraction of sp³-hybridized carbons (Fsp3) is 0.125. The molecule has 10 heavy (non-hydrogen) atoms. The first-order valence-electron chi connectivity index (χ1n) is 2.94. The maximum Gasteiger partial charge on any atom is 0.170 e. The fourth-order valence-electron chi connectivity index (χ4n) is 0.716. The summed E-state index contributed by atoms with van der Waals surface area (Å²) in [6.45, 7) is 3.24. The van der Waals surface area contributed by atoms with Gasteiger partial charge < -0.3 is 9.53 Å². The maximum absolute atomic E-state index is 9.78. The molecule has 2 heteroatoms. The molecule has 0 atom stereocenters. The molecule has 0 aromatic heterocycles. The van der Waals surface area contributed by atoms with Crippen molar-refractivity contribution in [3.05, 3.63) is 29.8 Å². The van der Waals surface area contributed by atoms with E-state index in [4.69, 9.17) is 0 Å². The first-order valence-corrected chi connectivity index (χ1v) is 2.94. The van der Waals surface area contributed by atoms with E-state index in [-0.39, 0.29) is 0 Å². The normalized spacial score (nSPS) is 8.90. The van der Waals surface area contributed by atoms with Gasteiger partial charge in [0.2, 0.25) is 0 Å². The molecule has 52 valence electrons. The molecule has 0 N–H and O–H groups in total. The number of para-hydroxylation sites is 1. The molecule has 2 nitrogen and oxygen atoms in total. The second kappa shape index (κ2) is 3.01. The topological polar surface area (TPSA) is 26.3 Å². The zero-order valence-electron chi connectivity index (χ0n) is 5.63. The van der Waals surface area contributed by atoms with Crippen LogP contribution in [0.1, 0.15) is 5.56 Å². The predicted octanol–water partition coefficient (Wildman–Crippen LogP) is 1.44. The number of rotatable bonds is 2. The average molecular weight is 135 g/mol. The van der Waals surface area contributed by atoms with E-state index in [0.29, 0.717) is 5.75 Å². The lowest BCUT2D eigenvalue weighted by Crippen LogP contribution is -1.89. The molecule has 0 aliphatic heterocycles. The summed E-state index contributed by atoms with van der Waals surface area (Å²) in [5, 5.41) is 0. The zero-order chi connectivity index (χ0) is 7.40. The van der Waals surface area contributed by atoms with Gasteiger partial charge in [0.1, 0.15) is 0 Å². The third-order valence-corrected chi connectivity index (χ3v) is 1.25. The van der Waals surface area contributed by atoms with Crippen molar-refractivity contribution in [1.29, 1.82) is 0 Å². The molecule has 1 rings (SSSR count). The second-order valence-corrected chi connectivity index (χ2v) is 1.95. The molecule has 0 heterocycles. The summed E-state index contributed by atoms with van der Waals surface area (Å²) in [7, 11) is 0. The highest BCUT2D eigenvalue weighted by atomic mass is 16.5. The van der Waals surface area contributed by atoms with Gasteiger partial charge in [-0.1, -0.05) is 30.7 Å². The van der Waals surface area contributed by atoms with Gasteiger partial charge in [-0.2, -0.15) is 0 Å². The van der Waals surface area contributed by atoms with Crippen LogP contribution in [0.3, 0.4) is 0 Å². The Labute approximate surface area is 59.4 Å². The number of benzene rings is 1. The molecule has 1 aromatic carbocycles. The van der Waals surface area contributed by atoms with Gasteiger partial charge in [0.05, 0.1) is 0 Å². The second-order valence-electron chi connectivity index (χ2n) is 1.95. The highest BCUT2D eigenvalue weighted by molar-refractivity contribution is 5.48. The van der Waals surface area contributed by atoms with Crippen LogP contribution >= 0.6 is 0 Å². The Balaban J connectivity index is 2.91. The number of carbonyl (C=O) groups excluding carboxylic acids is 1. The van der Waals surface area contributed by atoms with Gasteiger partial charge in [-0.15, -0.1) is 6.07 Å². The summed E-state index contributed by atoms with van der Waals surface area (Å²) >= 11 is 0. The number of hydrogen-bond acceptors (Lipinski definition) is 2. The zero-order valence-corrected chi connectivity index (χ0v) is 5.63. The molecular weight excluding hydrogens is 128 g/mol. The van der Waals surface area contributed by atoms with Crippen LogP contribution in [0.2, 0.25) is 0 Å². The van der Waals surface area contributed by atoms with Gasteiger partial charge in [0.15, 0.2) is 6.47 Å². The molecule has 1 aromatic rings. The standard InChI is InChI=1S/C8H7O2/c1-7-4-2-3-5-8(7)10-6-9/h2-5H,1H3/q-1. The minimum absolute atomic E-state index is 0.567. The Morgan fingerprint density at radius 2 is 2.10 bits per heavy atom. The van der Waals surface area contributed by atoms with Crippen molar-refractivity contribution in [2.24, 2.45) is 0 Å². The van der Waals surface area contributed by atoms with Crippen LogP contribution in [0.15, 0.2) is 24.3 Å². The van der Waals surface area contributed by atoms with E-state index in [9.17, 15) is 4.79 Å². The molecule has 0 amide bonds. The van der Waals surface area contributed by atoms with Gasteiger partial charge in [0, 0.05) is 0 Å². The Morgan fingerprint density at radius 1 is 1.40 bits per heavy atom. The monoisotopic (exact) mass is 135 g/mol. The van der Waals surface area contributed by atoms with Crippen molar-refractivity contribution in [2.75, 3.05) is 0 Å². The van der Waals surface area contributed by atoms with E-state index in [1.165, 1.54) is 6.47 Å². The van der Waals surface area contributed by atoms with Gasteiger partial charge in [-0.3, -0.25) is 0 Å². The van der Waals surface area contributed by atoms with Crippen molar-refractivity contribution in [1.82, 2.24) is 0 Å².